The van der Waals surface area contributed by atoms with E-state index in [0.29, 0.717) is 18.1 Å². The zero-order valence-corrected chi connectivity index (χ0v) is 7.59. The highest BCUT2D eigenvalue weighted by atomic mass is 16.3. The summed E-state index contributed by atoms with van der Waals surface area (Å²) in [5.74, 6) is 0.914. The Kier molecular flexibility index (Phi) is 4.95. The summed E-state index contributed by atoms with van der Waals surface area (Å²) in [5, 5.41) is 17.8. The molecule has 2 nitrogen and oxygen atoms in total. The van der Waals surface area contributed by atoms with E-state index in [2.05, 4.69) is 13.8 Å². The van der Waals surface area contributed by atoms with E-state index in [4.69, 9.17) is 5.11 Å². The largest absolute Gasteiger partial charge is 0.512 e. The number of aliphatic hydroxyl groups excluding tert-OH is 2. The molecule has 0 amide bonds. The molecule has 0 aromatic carbocycles. The minimum absolute atomic E-state index is 0.0290. The fourth-order valence-corrected chi connectivity index (χ4v) is 1.05. The van der Waals surface area contributed by atoms with Crippen LogP contribution in [0, 0.1) is 5.92 Å². The van der Waals surface area contributed by atoms with Crippen molar-refractivity contribution in [3.05, 3.63) is 11.3 Å². The number of aliphatic hydroxyl groups is 2. The second-order valence-electron chi connectivity index (χ2n) is 3.30. The van der Waals surface area contributed by atoms with Gasteiger partial charge in [-0.2, -0.15) is 0 Å². The average Bonchev–Trinajstić information content (AvgIpc) is 1.86. The minimum Gasteiger partial charge on any atom is -0.512 e. The molecule has 0 aliphatic heterocycles. The maximum atomic E-state index is 9.29. The van der Waals surface area contributed by atoms with E-state index in [9.17, 15) is 5.11 Å². The van der Waals surface area contributed by atoms with E-state index in [1.54, 1.807) is 0 Å². The van der Waals surface area contributed by atoms with Crippen LogP contribution in [0.3, 0.4) is 0 Å². The smallest absolute Gasteiger partial charge is 0.0934 e. The monoisotopic (exact) mass is 158 g/mol. The standard InChI is InChI=1S/C9H18O2/c1-7(2)6-8(3)9(11)4-5-10/h7,10-11H,4-6H2,1-3H3. The topological polar surface area (TPSA) is 40.5 Å². The van der Waals surface area contributed by atoms with E-state index in [-0.39, 0.29) is 6.61 Å². The first-order valence-electron chi connectivity index (χ1n) is 4.06. The van der Waals surface area contributed by atoms with Gasteiger partial charge >= 0.3 is 0 Å². The number of allylic oxidation sites excluding steroid dienone is 1. The van der Waals surface area contributed by atoms with Gasteiger partial charge in [-0.25, -0.2) is 0 Å². The predicted octanol–water partition coefficient (Wildman–Crippen LogP) is 2.25. The minimum atomic E-state index is 0.0290. The summed E-state index contributed by atoms with van der Waals surface area (Å²) < 4.78 is 0. The molecule has 0 radical (unpaired) electrons. The Labute approximate surface area is 68.6 Å². The van der Waals surface area contributed by atoms with Gasteiger partial charge < -0.3 is 10.2 Å². The summed E-state index contributed by atoms with van der Waals surface area (Å²) in [5.41, 5.74) is 0.994. The molecule has 0 saturated heterocycles. The third kappa shape index (κ3) is 4.85. The fourth-order valence-electron chi connectivity index (χ4n) is 1.05. The maximum Gasteiger partial charge on any atom is 0.0934 e. The van der Waals surface area contributed by atoms with Crippen molar-refractivity contribution in [2.45, 2.75) is 33.6 Å². The van der Waals surface area contributed by atoms with Gasteiger partial charge in [-0.1, -0.05) is 13.8 Å². The molecule has 0 aromatic rings. The van der Waals surface area contributed by atoms with Gasteiger partial charge in [0, 0.05) is 6.42 Å². The van der Waals surface area contributed by atoms with Gasteiger partial charge in [-0.05, 0) is 24.8 Å². The van der Waals surface area contributed by atoms with Crippen molar-refractivity contribution in [1.82, 2.24) is 0 Å². The second-order valence-corrected chi connectivity index (χ2v) is 3.30. The normalized spacial score (nSPS) is 13.5. The van der Waals surface area contributed by atoms with Gasteiger partial charge in [0.1, 0.15) is 0 Å². The van der Waals surface area contributed by atoms with Crippen molar-refractivity contribution < 1.29 is 10.2 Å². The molecule has 0 saturated carbocycles. The first kappa shape index (κ1) is 10.5. The summed E-state index contributed by atoms with van der Waals surface area (Å²) in [6.45, 7) is 6.15. The van der Waals surface area contributed by atoms with Crippen LogP contribution in [0.2, 0.25) is 0 Å². The molecule has 0 spiro atoms. The molecule has 0 bridgehead atoms. The maximum absolute atomic E-state index is 9.29. The average molecular weight is 158 g/mol. The van der Waals surface area contributed by atoms with E-state index in [0.717, 1.165) is 12.0 Å². The Hall–Kier alpha value is -0.500. The molecule has 11 heavy (non-hydrogen) atoms. The Morgan fingerprint density at radius 1 is 1.36 bits per heavy atom. The van der Waals surface area contributed by atoms with Crippen LogP contribution in [0.15, 0.2) is 11.3 Å². The molecule has 0 fully saturated rings. The highest BCUT2D eigenvalue weighted by molar-refractivity contribution is 5.04. The fraction of sp³-hybridized carbons (Fsp3) is 0.778. The Morgan fingerprint density at radius 3 is 2.27 bits per heavy atom. The van der Waals surface area contributed by atoms with Crippen molar-refractivity contribution in [2.75, 3.05) is 6.61 Å². The number of hydrogen-bond acceptors (Lipinski definition) is 2. The third-order valence-corrected chi connectivity index (χ3v) is 1.56. The molecule has 0 heterocycles. The van der Waals surface area contributed by atoms with E-state index in [1.807, 2.05) is 6.92 Å². The highest BCUT2D eigenvalue weighted by Gasteiger charge is 2.01. The summed E-state index contributed by atoms with van der Waals surface area (Å²) >= 11 is 0. The van der Waals surface area contributed by atoms with Crippen molar-refractivity contribution in [1.29, 1.82) is 0 Å². The Balaban J connectivity index is 3.93. The zero-order chi connectivity index (χ0) is 8.85. The lowest BCUT2D eigenvalue weighted by Gasteiger charge is -2.07. The molecule has 0 aliphatic carbocycles. The van der Waals surface area contributed by atoms with Crippen LogP contribution in [-0.2, 0) is 0 Å². The third-order valence-electron chi connectivity index (χ3n) is 1.56. The van der Waals surface area contributed by atoms with Crippen molar-refractivity contribution >= 4 is 0 Å². The van der Waals surface area contributed by atoms with Gasteiger partial charge in [0.2, 0.25) is 0 Å². The lowest BCUT2D eigenvalue weighted by Crippen LogP contribution is -1.95. The lowest BCUT2D eigenvalue weighted by atomic mass is 10.0. The van der Waals surface area contributed by atoms with Gasteiger partial charge in [0.05, 0.1) is 12.4 Å². The lowest BCUT2D eigenvalue weighted by molar-refractivity contribution is 0.265. The number of rotatable bonds is 4. The van der Waals surface area contributed by atoms with E-state index >= 15 is 0 Å². The van der Waals surface area contributed by atoms with Crippen LogP contribution < -0.4 is 0 Å². The van der Waals surface area contributed by atoms with Crippen LogP contribution in [0.5, 0.6) is 0 Å². The van der Waals surface area contributed by atoms with Gasteiger partial charge in [0.25, 0.3) is 0 Å². The molecular weight excluding hydrogens is 140 g/mol. The molecule has 0 unspecified atom stereocenters. The summed E-state index contributed by atoms with van der Waals surface area (Å²) in [6.07, 6.45) is 1.30. The summed E-state index contributed by atoms with van der Waals surface area (Å²) in [6, 6.07) is 0. The number of hydrogen-bond donors (Lipinski definition) is 2. The van der Waals surface area contributed by atoms with E-state index < -0.39 is 0 Å². The molecule has 0 aliphatic rings. The van der Waals surface area contributed by atoms with Crippen LogP contribution in [0.4, 0.5) is 0 Å². The second kappa shape index (κ2) is 5.19. The van der Waals surface area contributed by atoms with Crippen molar-refractivity contribution in [2.24, 2.45) is 5.92 Å². The van der Waals surface area contributed by atoms with Crippen LogP contribution in [-0.4, -0.2) is 16.8 Å². The zero-order valence-electron chi connectivity index (χ0n) is 7.59. The SMILES string of the molecule is CC(CC(C)C)=C(O)CCO. The first-order chi connectivity index (χ1) is 5.07. The van der Waals surface area contributed by atoms with Crippen molar-refractivity contribution in [3.8, 4) is 0 Å². The predicted molar refractivity (Wildman–Crippen MR) is 46.5 cm³/mol. The molecule has 0 aromatic heterocycles. The Morgan fingerprint density at radius 2 is 1.91 bits per heavy atom. The van der Waals surface area contributed by atoms with Crippen LogP contribution in [0.1, 0.15) is 33.6 Å². The van der Waals surface area contributed by atoms with E-state index in [1.165, 1.54) is 0 Å². The van der Waals surface area contributed by atoms with Crippen molar-refractivity contribution in [3.63, 3.8) is 0 Å². The van der Waals surface area contributed by atoms with Gasteiger partial charge in [-0.15, -0.1) is 0 Å². The highest BCUT2D eigenvalue weighted by Crippen LogP contribution is 2.14. The quantitative estimate of drug-likeness (QED) is 0.616. The molecule has 66 valence electrons. The molecule has 0 rings (SSSR count). The summed E-state index contributed by atoms with van der Waals surface area (Å²) in [7, 11) is 0. The first-order valence-corrected chi connectivity index (χ1v) is 4.06. The molecular formula is C9H18O2. The molecule has 0 atom stereocenters. The van der Waals surface area contributed by atoms with Gasteiger partial charge in [-0.3, -0.25) is 0 Å². The molecule has 2 N–H and O–H groups in total. The van der Waals surface area contributed by atoms with Gasteiger partial charge in [0.15, 0.2) is 0 Å². The van der Waals surface area contributed by atoms with Crippen LogP contribution in [0.25, 0.3) is 0 Å². The van der Waals surface area contributed by atoms with Crippen LogP contribution >= 0.6 is 0 Å². The summed E-state index contributed by atoms with van der Waals surface area (Å²) in [4.78, 5) is 0. The molecule has 2 heteroatoms. The Bertz CT molecular complexity index is 136.